The fourth-order valence-corrected chi connectivity index (χ4v) is 2.11. The molecule has 23 heavy (non-hydrogen) atoms. The summed E-state index contributed by atoms with van der Waals surface area (Å²) in [6.45, 7) is 2.35. The number of nitrogens with one attached hydrogen (secondary N) is 1. The zero-order chi connectivity index (χ0) is 16.7. The van der Waals surface area contributed by atoms with Gasteiger partial charge in [-0.2, -0.15) is 0 Å². The molecule has 2 aromatic carbocycles. The van der Waals surface area contributed by atoms with Crippen LogP contribution < -0.4 is 20.5 Å². The molecule has 6 heteroatoms. The number of ether oxygens (including phenoxy) is 2. The Morgan fingerprint density at radius 2 is 1.96 bits per heavy atom. The van der Waals surface area contributed by atoms with Crippen molar-refractivity contribution in [1.29, 1.82) is 0 Å². The number of rotatable bonds is 6. The minimum Gasteiger partial charge on any atom is -0.497 e. The predicted molar refractivity (Wildman–Crippen MR) is 94.6 cm³/mol. The van der Waals surface area contributed by atoms with Gasteiger partial charge in [-0.1, -0.05) is 23.7 Å². The molecule has 0 aliphatic rings. The first kappa shape index (κ1) is 17.0. The summed E-state index contributed by atoms with van der Waals surface area (Å²) < 4.78 is 10.9. The molecule has 1 atom stereocenters. The van der Waals surface area contributed by atoms with E-state index in [2.05, 4.69) is 10.3 Å². The average molecular weight is 334 g/mol. The van der Waals surface area contributed by atoms with Gasteiger partial charge in [0.05, 0.1) is 13.7 Å². The summed E-state index contributed by atoms with van der Waals surface area (Å²) >= 11 is 5.92. The smallest absolute Gasteiger partial charge is 0.193 e. The van der Waals surface area contributed by atoms with Crippen LogP contribution in [0.1, 0.15) is 6.92 Å². The molecule has 0 bridgehead atoms. The summed E-state index contributed by atoms with van der Waals surface area (Å²) in [5.41, 5.74) is 6.70. The number of benzene rings is 2. The Morgan fingerprint density at radius 1 is 1.22 bits per heavy atom. The molecule has 0 aromatic heterocycles. The van der Waals surface area contributed by atoms with E-state index in [1.165, 1.54) is 0 Å². The van der Waals surface area contributed by atoms with Crippen molar-refractivity contribution in [3.05, 3.63) is 53.6 Å². The van der Waals surface area contributed by atoms with Crippen molar-refractivity contribution in [3.63, 3.8) is 0 Å². The van der Waals surface area contributed by atoms with Crippen LogP contribution >= 0.6 is 11.6 Å². The Kier molecular flexibility index (Phi) is 6.11. The molecule has 0 amide bonds. The van der Waals surface area contributed by atoms with Gasteiger partial charge in [0.15, 0.2) is 5.96 Å². The summed E-state index contributed by atoms with van der Waals surface area (Å²) in [6.07, 6.45) is -0.126. The van der Waals surface area contributed by atoms with Crippen molar-refractivity contribution < 1.29 is 9.47 Å². The van der Waals surface area contributed by atoms with Gasteiger partial charge in [-0.3, -0.25) is 0 Å². The number of anilines is 1. The van der Waals surface area contributed by atoms with E-state index >= 15 is 0 Å². The van der Waals surface area contributed by atoms with Crippen LogP contribution in [0.2, 0.25) is 5.02 Å². The number of hydrogen-bond acceptors (Lipinski definition) is 3. The number of aliphatic imine (C=N–C) groups is 1. The second-order valence-electron chi connectivity index (χ2n) is 4.97. The van der Waals surface area contributed by atoms with Crippen molar-refractivity contribution in [2.75, 3.05) is 19.0 Å². The van der Waals surface area contributed by atoms with Crippen LogP contribution in [0.4, 0.5) is 5.69 Å². The van der Waals surface area contributed by atoms with Crippen LogP contribution in [0.15, 0.2) is 53.5 Å². The van der Waals surface area contributed by atoms with Gasteiger partial charge >= 0.3 is 0 Å². The third-order valence-corrected chi connectivity index (χ3v) is 3.23. The van der Waals surface area contributed by atoms with Gasteiger partial charge in [0, 0.05) is 16.8 Å². The van der Waals surface area contributed by atoms with Crippen LogP contribution in [0.25, 0.3) is 0 Å². The van der Waals surface area contributed by atoms with Gasteiger partial charge in [0.25, 0.3) is 0 Å². The second-order valence-corrected chi connectivity index (χ2v) is 5.41. The first-order valence-electron chi connectivity index (χ1n) is 7.20. The standard InChI is InChI=1S/C17H20ClN3O2/c1-12(23-16-8-3-5-13(18)9-16)11-20-17(19)21-14-6-4-7-15(10-14)22-2/h3-10,12H,11H2,1-2H3,(H3,19,20,21). The number of guanidine groups is 1. The number of nitrogens with two attached hydrogens (primary N) is 1. The average Bonchev–Trinajstić information content (AvgIpc) is 2.53. The Balaban J connectivity index is 1.88. The van der Waals surface area contributed by atoms with Crippen LogP contribution in [0.3, 0.4) is 0 Å². The first-order valence-corrected chi connectivity index (χ1v) is 7.58. The fourth-order valence-electron chi connectivity index (χ4n) is 1.93. The van der Waals surface area contributed by atoms with E-state index in [0.717, 1.165) is 11.4 Å². The van der Waals surface area contributed by atoms with Crippen LogP contribution in [0.5, 0.6) is 11.5 Å². The van der Waals surface area contributed by atoms with E-state index in [1.54, 1.807) is 19.2 Å². The molecule has 2 aromatic rings. The van der Waals surface area contributed by atoms with E-state index in [1.807, 2.05) is 43.3 Å². The quantitative estimate of drug-likeness (QED) is 0.626. The lowest BCUT2D eigenvalue weighted by atomic mass is 10.3. The third kappa shape index (κ3) is 5.71. The summed E-state index contributed by atoms with van der Waals surface area (Å²) in [4.78, 5) is 4.28. The number of hydrogen-bond donors (Lipinski definition) is 2. The molecule has 0 radical (unpaired) electrons. The van der Waals surface area contributed by atoms with Crippen molar-refractivity contribution in [1.82, 2.24) is 0 Å². The fraction of sp³-hybridized carbons (Fsp3) is 0.235. The van der Waals surface area contributed by atoms with E-state index in [9.17, 15) is 0 Å². The minimum absolute atomic E-state index is 0.126. The normalized spacial score (nSPS) is 12.6. The highest BCUT2D eigenvalue weighted by molar-refractivity contribution is 6.30. The van der Waals surface area contributed by atoms with Gasteiger partial charge in [0.2, 0.25) is 0 Å². The van der Waals surface area contributed by atoms with Gasteiger partial charge in [-0.25, -0.2) is 4.99 Å². The summed E-state index contributed by atoms with van der Waals surface area (Å²) in [6, 6.07) is 14.7. The SMILES string of the molecule is COc1cccc(NC(N)=NCC(C)Oc2cccc(Cl)c2)c1. The minimum atomic E-state index is -0.126. The number of methoxy groups -OCH3 is 1. The molecule has 0 fully saturated rings. The maximum absolute atomic E-state index is 5.92. The van der Waals surface area contributed by atoms with Gasteiger partial charge in [0.1, 0.15) is 17.6 Å². The molecule has 0 heterocycles. The molecular weight excluding hydrogens is 314 g/mol. The third-order valence-electron chi connectivity index (χ3n) is 2.99. The lowest BCUT2D eigenvalue weighted by Gasteiger charge is -2.13. The zero-order valence-electron chi connectivity index (χ0n) is 13.1. The maximum atomic E-state index is 5.92. The molecular formula is C17H20ClN3O2. The highest BCUT2D eigenvalue weighted by atomic mass is 35.5. The van der Waals surface area contributed by atoms with Crippen LogP contribution in [-0.2, 0) is 0 Å². The number of nitrogens with zero attached hydrogens (tertiary/aromatic N) is 1. The zero-order valence-corrected chi connectivity index (χ0v) is 13.9. The van der Waals surface area contributed by atoms with Crippen LogP contribution in [0, 0.1) is 0 Å². The number of halogens is 1. The predicted octanol–water partition coefficient (Wildman–Crippen LogP) is 3.54. The van der Waals surface area contributed by atoms with E-state index in [4.69, 9.17) is 26.8 Å². The first-order chi connectivity index (χ1) is 11.1. The van der Waals surface area contributed by atoms with Crippen molar-refractivity contribution in [3.8, 4) is 11.5 Å². The monoisotopic (exact) mass is 333 g/mol. The highest BCUT2D eigenvalue weighted by Gasteiger charge is 2.04. The Hall–Kier alpha value is -2.40. The molecule has 0 aliphatic carbocycles. The lowest BCUT2D eigenvalue weighted by molar-refractivity contribution is 0.230. The summed E-state index contributed by atoms with van der Waals surface area (Å²) in [5.74, 6) is 1.78. The molecule has 0 aliphatic heterocycles. The van der Waals surface area contributed by atoms with Crippen molar-refractivity contribution in [2.24, 2.45) is 10.7 Å². The lowest BCUT2D eigenvalue weighted by Crippen LogP contribution is -2.25. The van der Waals surface area contributed by atoms with E-state index < -0.39 is 0 Å². The second kappa shape index (κ2) is 8.29. The molecule has 122 valence electrons. The Bertz CT molecular complexity index is 676. The van der Waals surface area contributed by atoms with E-state index in [0.29, 0.717) is 23.3 Å². The topological polar surface area (TPSA) is 68.9 Å². The van der Waals surface area contributed by atoms with E-state index in [-0.39, 0.29) is 6.10 Å². The van der Waals surface area contributed by atoms with Gasteiger partial charge in [-0.15, -0.1) is 0 Å². The Labute approximate surface area is 141 Å². The highest BCUT2D eigenvalue weighted by Crippen LogP contribution is 2.18. The van der Waals surface area contributed by atoms with Crippen molar-refractivity contribution >= 4 is 23.2 Å². The van der Waals surface area contributed by atoms with Gasteiger partial charge in [-0.05, 0) is 37.3 Å². The molecule has 2 rings (SSSR count). The molecule has 0 saturated heterocycles. The van der Waals surface area contributed by atoms with Crippen molar-refractivity contribution in [2.45, 2.75) is 13.0 Å². The Morgan fingerprint density at radius 3 is 2.70 bits per heavy atom. The molecule has 0 saturated carbocycles. The summed E-state index contributed by atoms with van der Waals surface area (Å²) in [5, 5.41) is 3.65. The molecule has 1 unspecified atom stereocenters. The maximum Gasteiger partial charge on any atom is 0.193 e. The van der Waals surface area contributed by atoms with Crippen LogP contribution in [-0.4, -0.2) is 25.7 Å². The largest absolute Gasteiger partial charge is 0.497 e. The van der Waals surface area contributed by atoms with Gasteiger partial charge < -0.3 is 20.5 Å². The molecule has 5 nitrogen and oxygen atoms in total. The summed E-state index contributed by atoms with van der Waals surface area (Å²) in [7, 11) is 1.62. The molecule has 3 N–H and O–H groups in total. The molecule has 0 spiro atoms.